The lowest BCUT2D eigenvalue weighted by Gasteiger charge is -2.41. The molecule has 0 aromatic rings. The Morgan fingerprint density at radius 3 is 1.94 bits per heavy atom. The minimum absolute atomic E-state index is 0.174. The van der Waals surface area contributed by atoms with Crippen LogP contribution >= 0.6 is 0 Å². The van der Waals surface area contributed by atoms with Gasteiger partial charge in [-0.05, 0) is 0 Å². The van der Waals surface area contributed by atoms with Crippen LogP contribution < -0.4 is 10.6 Å². The van der Waals surface area contributed by atoms with Crippen molar-refractivity contribution in [3.8, 4) is 0 Å². The van der Waals surface area contributed by atoms with E-state index >= 15 is 0 Å². The second kappa shape index (κ2) is 7.31. The van der Waals surface area contributed by atoms with E-state index in [1.165, 1.54) is 0 Å². The van der Waals surface area contributed by atoms with Gasteiger partial charge in [0.15, 0.2) is 0 Å². The first-order valence-corrected chi connectivity index (χ1v) is 5.91. The molecule has 18 heavy (non-hydrogen) atoms. The molecule has 0 spiro atoms. The molecule has 0 aliphatic carbocycles. The third kappa shape index (κ3) is 3.59. The van der Waals surface area contributed by atoms with E-state index in [4.69, 9.17) is 15.3 Å². The van der Waals surface area contributed by atoms with E-state index < -0.39 is 36.4 Å². The van der Waals surface area contributed by atoms with Gasteiger partial charge in [0, 0.05) is 12.6 Å². The highest BCUT2D eigenvalue weighted by Gasteiger charge is 2.41. The number of rotatable bonds is 6. The van der Waals surface area contributed by atoms with Crippen LogP contribution in [0.5, 0.6) is 0 Å². The minimum Gasteiger partial charge on any atom is -0.395 e. The molecule has 5 unspecified atom stereocenters. The van der Waals surface area contributed by atoms with Gasteiger partial charge in [-0.15, -0.1) is 0 Å². The largest absolute Gasteiger partial charge is 0.395 e. The lowest BCUT2D eigenvalue weighted by Crippen LogP contribution is -2.68. The number of piperidine rings is 1. The highest BCUT2D eigenvalue weighted by Crippen LogP contribution is 2.15. The van der Waals surface area contributed by atoms with Crippen molar-refractivity contribution < 1.29 is 30.6 Å². The molecule has 108 valence electrons. The van der Waals surface area contributed by atoms with Crippen molar-refractivity contribution >= 4 is 0 Å². The maximum absolute atomic E-state index is 9.76. The Morgan fingerprint density at radius 1 is 0.889 bits per heavy atom. The molecular formula is C10H22N2O6. The fraction of sp³-hybridized carbons (Fsp3) is 1.00. The van der Waals surface area contributed by atoms with E-state index in [1.807, 2.05) is 0 Å². The van der Waals surface area contributed by atoms with Gasteiger partial charge in [0.25, 0.3) is 0 Å². The lowest BCUT2D eigenvalue weighted by atomic mass is 9.90. The van der Waals surface area contributed by atoms with Crippen LogP contribution in [0.15, 0.2) is 0 Å². The van der Waals surface area contributed by atoms with Crippen molar-refractivity contribution in [2.75, 3.05) is 26.4 Å². The fourth-order valence-corrected chi connectivity index (χ4v) is 1.97. The SMILES string of the molecule is OCC(CO)NCC1NC(CO)C(O)C(O)C1O. The molecule has 0 aromatic heterocycles. The summed E-state index contributed by atoms with van der Waals surface area (Å²) in [6.07, 6.45) is -3.79. The molecule has 1 rings (SSSR count). The lowest BCUT2D eigenvalue weighted by molar-refractivity contribution is -0.119. The molecular weight excluding hydrogens is 244 g/mol. The number of aliphatic hydroxyl groups excluding tert-OH is 6. The summed E-state index contributed by atoms with van der Waals surface area (Å²) < 4.78 is 0. The van der Waals surface area contributed by atoms with E-state index in [9.17, 15) is 15.3 Å². The van der Waals surface area contributed by atoms with Crippen molar-refractivity contribution in [1.29, 1.82) is 0 Å². The van der Waals surface area contributed by atoms with E-state index in [-0.39, 0.29) is 26.4 Å². The van der Waals surface area contributed by atoms with Gasteiger partial charge in [0.2, 0.25) is 0 Å². The van der Waals surface area contributed by atoms with E-state index in [0.29, 0.717) is 0 Å². The Balaban J connectivity index is 2.53. The summed E-state index contributed by atoms with van der Waals surface area (Å²) in [5, 5.41) is 61.3. The van der Waals surface area contributed by atoms with Gasteiger partial charge in [-0.2, -0.15) is 0 Å². The van der Waals surface area contributed by atoms with E-state index in [0.717, 1.165) is 0 Å². The Bertz CT molecular complexity index is 238. The van der Waals surface area contributed by atoms with E-state index in [2.05, 4.69) is 10.6 Å². The molecule has 0 bridgehead atoms. The Morgan fingerprint density at radius 2 is 1.44 bits per heavy atom. The topological polar surface area (TPSA) is 145 Å². The second-order valence-corrected chi connectivity index (χ2v) is 4.50. The Labute approximate surface area is 105 Å². The van der Waals surface area contributed by atoms with Crippen LogP contribution in [0.4, 0.5) is 0 Å². The molecule has 1 heterocycles. The van der Waals surface area contributed by atoms with Crippen LogP contribution in [0.25, 0.3) is 0 Å². The fourth-order valence-electron chi connectivity index (χ4n) is 1.97. The predicted octanol–water partition coefficient (Wildman–Crippen LogP) is -4.66. The number of hydrogen-bond acceptors (Lipinski definition) is 8. The predicted molar refractivity (Wildman–Crippen MR) is 61.8 cm³/mol. The molecule has 0 aromatic carbocycles. The van der Waals surface area contributed by atoms with E-state index in [1.54, 1.807) is 0 Å². The molecule has 8 N–H and O–H groups in total. The van der Waals surface area contributed by atoms with Gasteiger partial charge in [0.05, 0.1) is 44.1 Å². The van der Waals surface area contributed by atoms with Gasteiger partial charge in [0.1, 0.15) is 6.10 Å². The van der Waals surface area contributed by atoms with Gasteiger partial charge < -0.3 is 41.3 Å². The maximum Gasteiger partial charge on any atom is 0.109 e. The molecule has 0 radical (unpaired) electrons. The zero-order valence-corrected chi connectivity index (χ0v) is 9.98. The third-order valence-corrected chi connectivity index (χ3v) is 3.22. The first kappa shape index (κ1) is 15.7. The summed E-state index contributed by atoms with van der Waals surface area (Å²) in [6.45, 7) is -0.708. The van der Waals surface area contributed by atoms with Crippen LogP contribution in [-0.2, 0) is 0 Å². The number of aliphatic hydroxyl groups is 6. The summed E-state index contributed by atoms with van der Waals surface area (Å²) in [4.78, 5) is 0. The van der Waals surface area contributed by atoms with Crippen LogP contribution in [0.1, 0.15) is 0 Å². The zero-order chi connectivity index (χ0) is 13.7. The zero-order valence-electron chi connectivity index (χ0n) is 9.98. The Kier molecular flexibility index (Phi) is 6.39. The van der Waals surface area contributed by atoms with Crippen molar-refractivity contribution in [1.82, 2.24) is 10.6 Å². The normalized spacial score (nSPS) is 37.2. The van der Waals surface area contributed by atoms with Crippen LogP contribution in [-0.4, -0.2) is 93.4 Å². The first-order chi connectivity index (χ1) is 8.54. The summed E-state index contributed by atoms with van der Waals surface area (Å²) in [5.74, 6) is 0. The van der Waals surface area contributed by atoms with Crippen LogP contribution in [0, 0.1) is 0 Å². The molecule has 8 nitrogen and oxygen atoms in total. The van der Waals surface area contributed by atoms with Crippen molar-refractivity contribution in [2.45, 2.75) is 36.4 Å². The molecule has 8 heteroatoms. The summed E-state index contributed by atoms with van der Waals surface area (Å²) >= 11 is 0. The molecule has 1 saturated heterocycles. The number of hydrogen-bond donors (Lipinski definition) is 8. The molecule has 1 aliphatic heterocycles. The standard InChI is InChI=1S/C10H22N2O6/c13-2-5(3-14)11-1-6-8(16)10(18)9(17)7(4-15)12-6/h5-18H,1-4H2. The minimum atomic E-state index is -1.35. The van der Waals surface area contributed by atoms with Crippen LogP contribution in [0.2, 0.25) is 0 Å². The highest BCUT2D eigenvalue weighted by molar-refractivity contribution is 4.99. The van der Waals surface area contributed by atoms with Crippen molar-refractivity contribution in [3.63, 3.8) is 0 Å². The van der Waals surface area contributed by atoms with Crippen molar-refractivity contribution in [3.05, 3.63) is 0 Å². The number of nitrogens with one attached hydrogen (secondary N) is 2. The van der Waals surface area contributed by atoms with Crippen LogP contribution in [0.3, 0.4) is 0 Å². The third-order valence-electron chi connectivity index (χ3n) is 3.22. The summed E-state index contributed by atoms with van der Waals surface area (Å²) in [7, 11) is 0. The monoisotopic (exact) mass is 266 g/mol. The summed E-state index contributed by atoms with van der Waals surface area (Å²) in [6, 6.07) is -1.84. The average molecular weight is 266 g/mol. The molecule has 0 amide bonds. The quantitative estimate of drug-likeness (QED) is 0.239. The second-order valence-electron chi connectivity index (χ2n) is 4.50. The van der Waals surface area contributed by atoms with Crippen molar-refractivity contribution in [2.24, 2.45) is 0 Å². The van der Waals surface area contributed by atoms with Gasteiger partial charge in [-0.3, -0.25) is 0 Å². The molecule has 1 fully saturated rings. The van der Waals surface area contributed by atoms with Gasteiger partial charge in [-0.1, -0.05) is 0 Å². The molecule has 0 saturated carbocycles. The molecule has 1 aliphatic rings. The average Bonchev–Trinajstić information content (AvgIpc) is 2.39. The Hall–Kier alpha value is -0.320. The highest BCUT2D eigenvalue weighted by atomic mass is 16.4. The maximum atomic E-state index is 9.76. The van der Waals surface area contributed by atoms with Gasteiger partial charge in [-0.25, -0.2) is 0 Å². The van der Waals surface area contributed by atoms with Gasteiger partial charge >= 0.3 is 0 Å². The molecule has 5 atom stereocenters. The first-order valence-electron chi connectivity index (χ1n) is 5.91. The smallest absolute Gasteiger partial charge is 0.109 e. The summed E-state index contributed by atoms with van der Waals surface area (Å²) in [5.41, 5.74) is 0.